The van der Waals surface area contributed by atoms with Gasteiger partial charge in [-0.3, -0.25) is 0 Å². The van der Waals surface area contributed by atoms with Crippen molar-refractivity contribution in [2.45, 2.75) is 26.3 Å². The number of likely N-dealkylation sites (tertiary alicyclic amines) is 1. The van der Waals surface area contributed by atoms with Crippen molar-refractivity contribution in [1.29, 1.82) is 0 Å². The fraction of sp³-hybridized carbons (Fsp3) is 1.00. The minimum atomic E-state index is 0.305. The van der Waals surface area contributed by atoms with Gasteiger partial charge in [-0.1, -0.05) is 13.8 Å². The first-order valence-electron chi connectivity index (χ1n) is 3.86. The summed E-state index contributed by atoms with van der Waals surface area (Å²) in [4.78, 5) is 2.24. The van der Waals surface area contributed by atoms with Gasteiger partial charge in [0.05, 0.1) is 6.61 Å². The zero-order valence-corrected chi connectivity index (χ0v) is 7.09. The molecule has 0 aromatic carbocycles. The van der Waals surface area contributed by atoms with E-state index in [9.17, 15) is 0 Å². The van der Waals surface area contributed by atoms with Gasteiger partial charge in [0, 0.05) is 12.6 Å². The van der Waals surface area contributed by atoms with E-state index in [2.05, 4.69) is 25.8 Å². The fourth-order valence-electron chi connectivity index (χ4n) is 1.87. The topological polar surface area (TPSA) is 23.5 Å². The van der Waals surface area contributed by atoms with Crippen LogP contribution in [0.15, 0.2) is 0 Å². The van der Waals surface area contributed by atoms with Crippen LogP contribution in [0, 0.1) is 5.41 Å². The smallest absolute Gasteiger partial charge is 0.0586 e. The summed E-state index contributed by atoms with van der Waals surface area (Å²) in [5.74, 6) is 0. The number of hydrogen-bond acceptors (Lipinski definition) is 2. The lowest BCUT2D eigenvalue weighted by molar-refractivity contribution is 0.182. The Bertz CT molecular complexity index is 122. The summed E-state index contributed by atoms with van der Waals surface area (Å²) in [5, 5.41) is 8.93. The van der Waals surface area contributed by atoms with Crippen LogP contribution in [0.5, 0.6) is 0 Å². The minimum absolute atomic E-state index is 0.305. The molecular weight excluding hydrogens is 126 g/mol. The summed E-state index contributed by atoms with van der Waals surface area (Å²) in [6.45, 7) is 5.91. The predicted octanol–water partition coefficient (Wildman–Crippen LogP) is 0.709. The van der Waals surface area contributed by atoms with Crippen molar-refractivity contribution in [1.82, 2.24) is 4.90 Å². The summed E-state index contributed by atoms with van der Waals surface area (Å²) in [6.07, 6.45) is 1.12. The van der Waals surface area contributed by atoms with Gasteiger partial charge in [0.2, 0.25) is 0 Å². The average Bonchev–Trinajstić information content (AvgIpc) is 2.05. The van der Waals surface area contributed by atoms with E-state index < -0.39 is 0 Å². The molecule has 0 aliphatic carbocycles. The molecule has 0 saturated carbocycles. The first-order chi connectivity index (χ1) is 4.55. The van der Waals surface area contributed by atoms with E-state index in [0.29, 0.717) is 18.1 Å². The molecule has 0 aromatic rings. The number of aliphatic hydroxyl groups excluding tert-OH is 1. The van der Waals surface area contributed by atoms with Crippen LogP contribution in [0.1, 0.15) is 20.3 Å². The standard InChI is InChI=1S/C8H17NO/c1-8(2)4-7(5-10)9(3)6-8/h7,10H,4-6H2,1-3H3. The molecule has 0 bridgehead atoms. The molecule has 1 rings (SSSR count). The first kappa shape index (κ1) is 8.02. The normalized spacial score (nSPS) is 33.0. The van der Waals surface area contributed by atoms with Gasteiger partial charge in [0.15, 0.2) is 0 Å². The molecule has 0 spiro atoms. The minimum Gasteiger partial charge on any atom is -0.395 e. The Kier molecular flexibility index (Phi) is 2.02. The van der Waals surface area contributed by atoms with E-state index in [-0.39, 0.29) is 0 Å². The molecule has 1 fully saturated rings. The molecule has 1 unspecified atom stereocenters. The predicted molar refractivity (Wildman–Crippen MR) is 41.9 cm³/mol. The second kappa shape index (κ2) is 2.51. The second-order valence-electron chi connectivity index (χ2n) is 4.12. The van der Waals surface area contributed by atoms with Crippen LogP contribution in [-0.2, 0) is 0 Å². The fourth-order valence-corrected chi connectivity index (χ4v) is 1.87. The molecule has 60 valence electrons. The largest absolute Gasteiger partial charge is 0.395 e. The summed E-state index contributed by atoms with van der Waals surface area (Å²) in [6, 6.07) is 0.398. The lowest BCUT2D eigenvalue weighted by atomic mass is 9.91. The highest BCUT2D eigenvalue weighted by molar-refractivity contribution is 4.88. The Balaban J connectivity index is 2.52. The van der Waals surface area contributed by atoms with E-state index in [1.807, 2.05) is 0 Å². The average molecular weight is 143 g/mol. The Morgan fingerprint density at radius 1 is 1.60 bits per heavy atom. The van der Waals surface area contributed by atoms with Crippen LogP contribution in [0.4, 0.5) is 0 Å². The Hall–Kier alpha value is -0.0800. The van der Waals surface area contributed by atoms with E-state index in [0.717, 1.165) is 13.0 Å². The van der Waals surface area contributed by atoms with Gasteiger partial charge in [0.25, 0.3) is 0 Å². The van der Waals surface area contributed by atoms with Crippen LogP contribution in [-0.4, -0.2) is 36.2 Å². The molecule has 10 heavy (non-hydrogen) atoms. The third-order valence-electron chi connectivity index (χ3n) is 2.30. The van der Waals surface area contributed by atoms with Crippen molar-refractivity contribution in [3.63, 3.8) is 0 Å². The van der Waals surface area contributed by atoms with Gasteiger partial charge in [0.1, 0.15) is 0 Å². The number of likely N-dealkylation sites (N-methyl/N-ethyl adjacent to an activating group) is 1. The first-order valence-corrected chi connectivity index (χ1v) is 3.86. The molecular formula is C8H17NO. The third-order valence-corrected chi connectivity index (χ3v) is 2.30. The molecule has 0 aromatic heterocycles. The molecule has 1 aliphatic rings. The van der Waals surface area contributed by atoms with Crippen molar-refractivity contribution in [2.75, 3.05) is 20.2 Å². The molecule has 1 saturated heterocycles. The van der Waals surface area contributed by atoms with Crippen LogP contribution in [0.2, 0.25) is 0 Å². The molecule has 1 N–H and O–H groups in total. The maximum Gasteiger partial charge on any atom is 0.0586 e. The zero-order chi connectivity index (χ0) is 7.78. The van der Waals surface area contributed by atoms with E-state index >= 15 is 0 Å². The number of aliphatic hydroxyl groups is 1. The molecule has 1 atom stereocenters. The Morgan fingerprint density at radius 3 is 2.40 bits per heavy atom. The number of hydrogen-bond donors (Lipinski definition) is 1. The summed E-state index contributed by atoms with van der Waals surface area (Å²) < 4.78 is 0. The molecule has 1 heterocycles. The lowest BCUT2D eigenvalue weighted by Crippen LogP contribution is -2.28. The SMILES string of the molecule is CN1CC(C)(C)CC1CO. The summed E-state index contributed by atoms with van der Waals surface area (Å²) in [5.41, 5.74) is 0.405. The number of nitrogens with zero attached hydrogens (tertiary/aromatic N) is 1. The van der Waals surface area contributed by atoms with Crippen molar-refractivity contribution in [3.05, 3.63) is 0 Å². The molecule has 1 aliphatic heterocycles. The van der Waals surface area contributed by atoms with Gasteiger partial charge < -0.3 is 10.0 Å². The Morgan fingerprint density at radius 2 is 2.20 bits per heavy atom. The van der Waals surface area contributed by atoms with Crippen LogP contribution in [0.3, 0.4) is 0 Å². The summed E-state index contributed by atoms with van der Waals surface area (Å²) in [7, 11) is 2.08. The van der Waals surface area contributed by atoms with Gasteiger partial charge in [-0.05, 0) is 18.9 Å². The highest BCUT2D eigenvalue weighted by Crippen LogP contribution is 2.32. The van der Waals surface area contributed by atoms with E-state index in [1.54, 1.807) is 0 Å². The Labute approximate surface area is 62.8 Å². The van der Waals surface area contributed by atoms with Gasteiger partial charge in [-0.15, -0.1) is 0 Å². The van der Waals surface area contributed by atoms with Crippen LogP contribution in [0.25, 0.3) is 0 Å². The van der Waals surface area contributed by atoms with Crippen molar-refractivity contribution in [3.8, 4) is 0 Å². The third kappa shape index (κ3) is 1.50. The maximum absolute atomic E-state index is 8.93. The lowest BCUT2D eigenvalue weighted by Gasteiger charge is -2.16. The molecule has 0 radical (unpaired) electrons. The van der Waals surface area contributed by atoms with Crippen molar-refractivity contribution < 1.29 is 5.11 Å². The van der Waals surface area contributed by atoms with Gasteiger partial charge in [-0.2, -0.15) is 0 Å². The molecule has 2 heteroatoms. The van der Waals surface area contributed by atoms with E-state index in [4.69, 9.17) is 5.11 Å². The monoisotopic (exact) mass is 143 g/mol. The van der Waals surface area contributed by atoms with Gasteiger partial charge >= 0.3 is 0 Å². The maximum atomic E-state index is 8.93. The van der Waals surface area contributed by atoms with Crippen molar-refractivity contribution >= 4 is 0 Å². The van der Waals surface area contributed by atoms with Gasteiger partial charge in [-0.25, -0.2) is 0 Å². The highest BCUT2D eigenvalue weighted by atomic mass is 16.3. The highest BCUT2D eigenvalue weighted by Gasteiger charge is 2.34. The van der Waals surface area contributed by atoms with Crippen molar-refractivity contribution in [2.24, 2.45) is 5.41 Å². The zero-order valence-electron chi connectivity index (χ0n) is 7.09. The van der Waals surface area contributed by atoms with E-state index in [1.165, 1.54) is 0 Å². The quantitative estimate of drug-likeness (QED) is 0.584. The summed E-state index contributed by atoms with van der Waals surface area (Å²) >= 11 is 0. The van der Waals surface area contributed by atoms with Crippen LogP contribution >= 0.6 is 0 Å². The number of rotatable bonds is 1. The van der Waals surface area contributed by atoms with Crippen LogP contribution < -0.4 is 0 Å². The molecule has 2 nitrogen and oxygen atoms in total. The molecule has 0 amide bonds. The second-order valence-corrected chi connectivity index (χ2v) is 4.12.